The highest BCUT2D eigenvalue weighted by molar-refractivity contribution is 6.02. The number of hydrogen-bond donors (Lipinski definition) is 1. The highest BCUT2D eigenvalue weighted by Gasteiger charge is 2.17. The summed E-state index contributed by atoms with van der Waals surface area (Å²) in [5.41, 5.74) is 1.04. The molecule has 1 heterocycles. The van der Waals surface area contributed by atoms with Crippen LogP contribution in [-0.2, 0) is 14.3 Å². The molecule has 0 fully saturated rings. The smallest absolute Gasteiger partial charge is 0.416 e. The highest BCUT2D eigenvalue weighted by Crippen LogP contribution is 2.31. The van der Waals surface area contributed by atoms with Crippen LogP contribution in [0.5, 0.6) is 5.75 Å². The van der Waals surface area contributed by atoms with Crippen LogP contribution in [0.25, 0.3) is 16.5 Å². The van der Waals surface area contributed by atoms with Gasteiger partial charge in [0.1, 0.15) is 5.76 Å². The maximum Gasteiger partial charge on any atom is 0.416 e. The summed E-state index contributed by atoms with van der Waals surface area (Å²) < 4.78 is 16.3. The van der Waals surface area contributed by atoms with Gasteiger partial charge in [-0.1, -0.05) is 12.1 Å². The Morgan fingerprint density at radius 3 is 2.71 bits per heavy atom. The average molecular weight is 389 g/mol. The van der Waals surface area contributed by atoms with E-state index in [1.54, 1.807) is 32.0 Å². The van der Waals surface area contributed by atoms with Gasteiger partial charge >= 0.3 is 12.1 Å². The second kappa shape index (κ2) is 9.59. The van der Waals surface area contributed by atoms with Crippen molar-refractivity contribution in [2.24, 2.45) is 0 Å². The number of furan rings is 1. The third-order valence-corrected chi connectivity index (χ3v) is 3.90. The summed E-state index contributed by atoms with van der Waals surface area (Å²) in [4.78, 5) is 35.3. The van der Waals surface area contributed by atoms with E-state index in [0.29, 0.717) is 29.1 Å². The Hall–Kier alpha value is -3.29. The van der Waals surface area contributed by atoms with E-state index in [2.05, 4.69) is 0 Å². The SMILES string of the molecule is CCOC(=O)N(C)C(=O)/C=C(\C)c1cc2cccc(OCCCC(=O)O)c2o1. The van der Waals surface area contributed by atoms with Crippen molar-refractivity contribution in [2.75, 3.05) is 20.3 Å². The normalized spacial score (nSPS) is 11.3. The van der Waals surface area contributed by atoms with Crippen LogP contribution in [0.15, 0.2) is 34.8 Å². The minimum Gasteiger partial charge on any atom is -0.490 e. The Bertz CT molecular complexity index is 897. The number of hydrogen-bond acceptors (Lipinski definition) is 6. The third kappa shape index (κ3) is 5.35. The second-order valence-corrected chi connectivity index (χ2v) is 6.05. The fourth-order valence-corrected chi connectivity index (χ4v) is 2.41. The molecule has 0 saturated heterocycles. The molecule has 150 valence electrons. The lowest BCUT2D eigenvalue weighted by Crippen LogP contribution is -2.32. The van der Waals surface area contributed by atoms with Gasteiger partial charge in [0.15, 0.2) is 11.3 Å². The minimum atomic E-state index is -0.875. The van der Waals surface area contributed by atoms with Crippen molar-refractivity contribution in [1.82, 2.24) is 4.90 Å². The molecule has 2 amide bonds. The van der Waals surface area contributed by atoms with Gasteiger partial charge in [0.05, 0.1) is 13.2 Å². The van der Waals surface area contributed by atoms with Crippen LogP contribution >= 0.6 is 0 Å². The lowest BCUT2D eigenvalue weighted by Gasteiger charge is -2.12. The molecule has 8 nitrogen and oxygen atoms in total. The topological polar surface area (TPSA) is 106 Å². The molecular weight excluding hydrogens is 366 g/mol. The molecule has 8 heteroatoms. The molecule has 0 spiro atoms. The maximum atomic E-state index is 12.2. The first-order valence-electron chi connectivity index (χ1n) is 8.83. The van der Waals surface area contributed by atoms with E-state index in [-0.39, 0.29) is 19.6 Å². The minimum absolute atomic E-state index is 0.0251. The van der Waals surface area contributed by atoms with E-state index >= 15 is 0 Å². The molecule has 0 radical (unpaired) electrons. The predicted molar refractivity (Wildman–Crippen MR) is 102 cm³/mol. The number of ether oxygens (including phenoxy) is 2. The van der Waals surface area contributed by atoms with Gasteiger partial charge in [-0.3, -0.25) is 9.59 Å². The number of allylic oxidation sites excluding steroid dienone is 1. The number of para-hydroxylation sites is 1. The summed E-state index contributed by atoms with van der Waals surface area (Å²) in [5.74, 6) is -0.444. The van der Waals surface area contributed by atoms with Crippen molar-refractivity contribution in [3.8, 4) is 5.75 Å². The van der Waals surface area contributed by atoms with E-state index < -0.39 is 18.0 Å². The Morgan fingerprint density at radius 2 is 2.04 bits per heavy atom. The molecule has 0 atom stereocenters. The van der Waals surface area contributed by atoms with Crippen LogP contribution in [0.4, 0.5) is 4.79 Å². The van der Waals surface area contributed by atoms with Crippen molar-refractivity contribution in [3.63, 3.8) is 0 Å². The van der Waals surface area contributed by atoms with Crippen LogP contribution in [0, 0.1) is 0 Å². The van der Waals surface area contributed by atoms with Gasteiger partial charge in [-0.2, -0.15) is 0 Å². The summed E-state index contributed by atoms with van der Waals surface area (Å²) in [6, 6.07) is 7.14. The summed E-state index contributed by atoms with van der Waals surface area (Å²) in [7, 11) is 1.34. The molecule has 1 N–H and O–H groups in total. The average Bonchev–Trinajstić information content (AvgIpc) is 3.09. The molecule has 2 rings (SSSR count). The number of carbonyl (C=O) groups excluding carboxylic acids is 2. The molecule has 0 aliphatic carbocycles. The van der Waals surface area contributed by atoms with Crippen LogP contribution in [0.2, 0.25) is 0 Å². The monoisotopic (exact) mass is 389 g/mol. The fraction of sp³-hybridized carbons (Fsp3) is 0.350. The summed E-state index contributed by atoms with van der Waals surface area (Å²) in [6.07, 6.45) is 0.977. The molecule has 0 bridgehead atoms. The van der Waals surface area contributed by atoms with E-state index in [1.807, 2.05) is 6.07 Å². The number of amides is 2. The van der Waals surface area contributed by atoms with E-state index in [4.69, 9.17) is 19.0 Å². The zero-order valence-corrected chi connectivity index (χ0v) is 16.1. The molecule has 1 aromatic heterocycles. The van der Waals surface area contributed by atoms with Gasteiger partial charge in [-0.25, -0.2) is 9.69 Å². The largest absolute Gasteiger partial charge is 0.490 e. The van der Waals surface area contributed by atoms with Crippen LogP contribution < -0.4 is 4.74 Å². The molecule has 2 aromatic rings. The number of nitrogens with zero attached hydrogens (tertiary/aromatic N) is 1. The lowest BCUT2D eigenvalue weighted by atomic mass is 10.2. The predicted octanol–water partition coefficient (Wildman–Crippen LogP) is 3.69. The van der Waals surface area contributed by atoms with Crippen molar-refractivity contribution in [2.45, 2.75) is 26.7 Å². The Labute approximate surface area is 162 Å². The van der Waals surface area contributed by atoms with Crippen molar-refractivity contribution >= 4 is 34.5 Å². The molecule has 0 aliphatic rings. The molecule has 1 aromatic carbocycles. The van der Waals surface area contributed by atoms with Gasteiger partial charge < -0.3 is 19.0 Å². The number of carboxylic acid groups (broad SMARTS) is 1. The van der Waals surface area contributed by atoms with Crippen molar-refractivity contribution in [3.05, 3.63) is 36.1 Å². The molecule has 28 heavy (non-hydrogen) atoms. The quantitative estimate of drug-likeness (QED) is 0.542. The first-order valence-corrected chi connectivity index (χ1v) is 8.83. The Balaban J connectivity index is 2.16. The summed E-state index contributed by atoms with van der Waals surface area (Å²) in [5, 5.41) is 9.46. The second-order valence-electron chi connectivity index (χ2n) is 6.05. The van der Waals surface area contributed by atoms with Crippen molar-refractivity contribution < 1.29 is 33.4 Å². The summed E-state index contributed by atoms with van der Waals surface area (Å²) in [6.45, 7) is 3.78. The fourth-order valence-electron chi connectivity index (χ4n) is 2.41. The van der Waals surface area contributed by atoms with Crippen molar-refractivity contribution in [1.29, 1.82) is 0 Å². The van der Waals surface area contributed by atoms with Crippen LogP contribution in [0.1, 0.15) is 32.4 Å². The zero-order chi connectivity index (χ0) is 20.7. The lowest BCUT2D eigenvalue weighted by molar-refractivity contribution is -0.137. The summed E-state index contributed by atoms with van der Waals surface area (Å²) >= 11 is 0. The molecule has 0 unspecified atom stereocenters. The van der Waals surface area contributed by atoms with Gasteiger partial charge in [0.2, 0.25) is 0 Å². The van der Waals surface area contributed by atoms with Gasteiger partial charge in [0.25, 0.3) is 5.91 Å². The van der Waals surface area contributed by atoms with Gasteiger partial charge in [-0.05, 0) is 38.0 Å². The highest BCUT2D eigenvalue weighted by atomic mass is 16.6. The zero-order valence-electron chi connectivity index (χ0n) is 16.1. The van der Waals surface area contributed by atoms with E-state index in [0.717, 1.165) is 10.3 Å². The Kier molecular flexibility index (Phi) is 7.20. The Morgan fingerprint density at radius 1 is 1.29 bits per heavy atom. The van der Waals surface area contributed by atoms with E-state index in [9.17, 15) is 14.4 Å². The number of benzene rings is 1. The number of carboxylic acids is 1. The number of fused-ring (bicyclic) bond motifs is 1. The third-order valence-electron chi connectivity index (χ3n) is 3.90. The first kappa shape index (κ1) is 21.0. The standard InChI is InChI=1S/C20H23NO7/c1-4-26-20(25)21(3)17(22)11-13(2)16-12-14-7-5-8-15(19(14)28-16)27-10-6-9-18(23)24/h5,7-8,11-12H,4,6,9-10H2,1-3H3,(H,23,24)/b13-11+. The van der Waals surface area contributed by atoms with Gasteiger partial charge in [-0.15, -0.1) is 0 Å². The molecular formula is C20H23NO7. The first-order chi connectivity index (χ1) is 13.3. The molecule has 0 saturated carbocycles. The van der Waals surface area contributed by atoms with Crippen LogP contribution in [-0.4, -0.2) is 48.2 Å². The molecule has 0 aliphatic heterocycles. The number of imide groups is 1. The number of aliphatic carboxylic acids is 1. The number of rotatable bonds is 8. The van der Waals surface area contributed by atoms with Gasteiger partial charge in [0, 0.05) is 24.9 Å². The van der Waals surface area contributed by atoms with Crippen LogP contribution in [0.3, 0.4) is 0 Å². The van der Waals surface area contributed by atoms with E-state index in [1.165, 1.54) is 13.1 Å². The number of likely N-dealkylation sites (N-methyl/N-ethyl adjacent to an activating group) is 1. The maximum absolute atomic E-state index is 12.2. The number of carbonyl (C=O) groups is 3.